The quantitative estimate of drug-likeness (QED) is 0.303. The van der Waals surface area contributed by atoms with Crippen LogP contribution in [0.3, 0.4) is 0 Å². The number of furan rings is 1. The molecule has 0 aliphatic heterocycles. The van der Waals surface area contributed by atoms with E-state index in [2.05, 4.69) is 0 Å². The van der Waals surface area contributed by atoms with Gasteiger partial charge in [-0.3, -0.25) is 9.59 Å². The third-order valence-electron chi connectivity index (χ3n) is 4.96. The number of ketones is 1. The van der Waals surface area contributed by atoms with Crippen LogP contribution in [0, 0.1) is 13.8 Å². The van der Waals surface area contributed by atoms with Gasteiger partial charge in [-0.1, -0.05) is 90.0 Å². The number of rotatable bonds is 5. The van der Waals surface area contributed by atoms with Crippen LogP contribution in [0.25, 0.3) is 22.5 Å². The van der Waals surface area contributed by atoms with Crippen molar-refractivity contribution < 1.29 is 14.0 Å². The minimum absolute atomic E-state index is 0.155. The fraction of sp³-hybridized carbons (Fsp3) is 0.0769. The molecule has 0 unspecified atom stereocenters. The molecule has 1 aromatic heterocycles. The first-order valence-corrected chi connectivity index (χ1v) is 9.44. The first kappa shape index (κ1) is 18.6. The van der Waals surface area contributed by atoms with Gasteiger partial charge in [-0.2, -0.15) is 0 Å². The molecule has 0 bridgehead atoms. The van der Waals surface area contributed by atoms with E-state index in [1.165, 1.54) is 0 Å². The summed E-state index contributed by atoms with van der Waals surface area (Å²) in [7, 11) is 0. The molecule has 4 rings (SSSR count). The highest BCUT2D eigenvalue weighted by atomic mass is 16.3. The van der Waals surface area contributed by atoms with E-state index in [0.717, 1.165) is 22.3 Å². The van der Waals surface area contributed by atoms with Crippen molar-refractivity contribution in [2.75, 3.05) is 0 Å². The zero-order valence-corrected chi connectivity index (χ0v) is 16.3. The van der Waals surface area contributed by atoms with Gasteiger partial charge in [0, 0.05) is 16.7 Å². The van der Waals surface area contributed by atoms with Gasteiger partial charge in [0.2, 0.25) is 0 Å². The number of hydrogen-bond donors (Lipinski definition) is 0. The summed E-state index contributed by atoms with van der Waals surface area (Å²) < 4.78 is 5.95. The third-order valence-corrected chi connectivity index (χ3v) is 4.96. The second kappa shape index (κ2) is 7.72. The fourth-order valence-corrected chi connectivity index (χ4v) is 3.40. The summed E-state index contributed by atoms with van der Waals surface area (Å²) in [6.45, 7) is 3.97. The molecule has 0 N–H and O–H groups in total. The maximum Gasteiger partial charge on any atom is 0.197 e. The zero-order valence-electron chi connectivity index (χ0n) is 16.3. The minimum atomic E-state index is -0.170. The molecule has 142 valence electrons. The summed E-state index contributed by atoms with van der Waals surface area (Å²) in [5.74, 6) is 0.398. The molecule has 0 spiro atoms. The van der Waals surface area contributed by atoms with Gasteiger partial charge in [-0.25, -0.2) is 0 Å². The van der Waals surface area contributed by atoms with Crippen molar-refractivity contribution in [3.8, 4) is 22.5 Å². The van der Waals surface area contributed by atoms with Gasteiger partial charge in [0.15, 0.2) is 17.8 Å². The Morgan fingerprint density at radius 1 is 0.759 bits per heavy atom. The molecular formula is C26H20O3. The SMILES string of the molecule is Cc1ccc(C(=O)c2c(-c3ccc(C)cc3)oc(C=O)c2-c2ccccc2)cc1. The Morgan fingerprint density at radius 2 is 1.34 bits per heavy atom. The van der Waals surface area contributed by atoms with Crippen molar-refractivity contribution in [1.82, 2.24) is 0 Å². The predicted octanol–water partition coefficient (Wildman–Crippen LogP) is 6.27. The number of benzene rings is 3. The highest BCUT2D eigenvalue weighted by Gasteiger charge is 2.28. The average Bonchev–Trinajstić information content (AvgIpc) is 3.14. The maximum absolute atomic E-state index is 13.6. The molecule has 0 radical (unpaired) electrons. The van der Waals surface area contributed by atoms with Crippen molar-refractivity contribution >= 4 is 12.1 Å². The lowest BCUT2D eigenvalue weighted by molar-refractivity contribution is 0.103. The molecule has 1 heterocycles. The number of aldehydes is 1. The van der Waals surface area contributed by atoms with Crippen LogP contribution in [-0.4, -0.2) is 12.1 Å². The topological polar surface area (TPSA) is 47.3 Å². The van der Waals surface area contributed by atoms with Crippen molar-refractivity contribution in [1.29, 1.82) is 0 Å². The Hall–Kier alpha value is -3.72. The van der Waals surface area contributed by atoms with Crippen LogP contribution in [0.5, 0.6) is 0 Å². The standard InChI is InChI=1S/C26H20O3/c1-17-8-12-20(13-9-17)25(28)24-23(19-6-4-3-5-7-19)22(16-27)29-26(24)21-14-10-18(2)11-15-21/h3-16H,1-2H3. The number of aryl methyl sites for hydroxylation is 2. The highest BCUT2D eigenvalue weighted by Crippen LogP contribution is 2.39. The summed E-state index contributed by atoms with van der Waals surface area (Å²) in [6.07, 6.45) is 0.673. The second-order valence-corrected chi connectivity index (χ2v) is 7.09. The molecule has 3 heteroatoms. The zero-order chi connectivity index (χ0) is 20.4. The predicted molar refractivity (Wildman–Crippen MR) is 114 cm³/mol. The van der Waals surface area contributed by atoms with Gasteiger partial charge in [0.05, 0.1) is 5.56 Å². The second-order valence-electron chi connectivity index (χ2n) is 7.09. The fourth-order valence-electron chi connectivity index (χ4n) is 3.40. The van der Waals surface area contributed by atoms with Crippen LogP contribution >= 0.6 is 0 Å². The van der Waals surface area contributed by atoms with Crippen molar-refractivity contribution in [2.24, 2.45) is 0 Å². The number of hydrogen-bond acceptors (Lipinski definition) is 3. The lowest BCUT2D eigenvalue weighted by atomic mass is 9.92. The van der Waals surface area contributed by atoms with Gasteiger partial charge in [-0.05, 0) is 19.4 Å². The molecule has 3 aromatic carbocycles. The van der Waals surface area contributed by atoms with Crippen LogP contribution < -0.4 is 0 Å². The normalized spacial score (nSPS) is 10.7. The molecule has 0 fully saturated rings. The lowest BCUT2D eigenvalue weighted by Gasteiger charge is -2.07. The minimum Gasteiger partial charge on any atom is -0.452 e. The van der Waals surface area contributed by atoms with E-state index in [1.807, 2.05) is 80.6 Å². The molecule has 0 aliphatic rings. The Kier molecular flexibility index (Phi) is 4.96. The molecular weight excluding hydrogens is 360 g/mol. The average molecular weight is 380 g/mol. The van der Waals surface area contributed by atoms with Gasteiger partial charge in [0.1, 0.15) is 5.76 Å². The van der Waals surface area contributed by atoms with Crippen LogP contribution in [-0.2, 0) is 0 Å². The van der Waals surface area contributed by atoms with Gasteiger partial charge in [0.25, 0.3) is 0 Å². The monoisotopic (exact) mass is 380 g/mol. The first-order chi connectivity index (χ1) is 14.1. The van der Waals surface area contributed by atoms with Gasteiger partial charge < -0.3 is 4.42 Å². The summed E-state index contributed by atoms with van der Waals surface area (Å²) >= 11 is 0. The van der Waals surface area contributed by atoms with Crippen molar-refractivity contribution in [3.05, 3.63) is 107 Å². The van der Waals surface area contributed by atoms with E-state index in [-0.39, 0.29) is 11.5 Å². The lowest BCUT2D eigenvalue weighted by Crippen LogP contribution is -2.04. The Labute approximate surface area is 169 Å². The van der Waals surface area contributed by atoms with Gasteiger partial charge in [-0.15, -0.1) is 0 Å². The molecule has 29 heavy (non-hydrogen) atoms. The summed E-state index contributed by atoms with van der Waals surface area (Å²) in [5, 5.41) is 0. The smallest absolute Gasteiger partial charge is 0.197 e. The Morgan fingerprint density at radius 3 is 1.93 bits per heavy atom. The summed E-state index contributed by atoms with van der Waals surface area (Å²) in [6, 6.07) is 24.6. The maximum atomic E-state index is 13.6. The van der Waals surface area contributed by atoms with Crippen LogP contribution in [0.15, 0.2) is 83.3 Å². The Bertz CT molecular complexity index is 1170. The van der Waals surface area contributed by atoms with E-state index >= 15 is 0 Å². The third kappa shape index (κ3) is 3.55. The Balaban J connectivity index is 2.00. The molecule has 0 saturated heterocycles. The van der Waals surface area contributed by atoms with Crippen molar-refractivity contribution in [3.63, 3.8) is 0 Å². The molecule has 0 amide bonds. The molecule has 0 atom stereocenters. The van der Waals surface area contributed by atoms with E-state index in [0.29, 0.717) is 28.7 Å². The van der Waals surface area contributed by atoms with Crippen molar-refractivity contribution in [2.45, 2.75) is 13.8 Å². The highest BCUT2D eigenvalue weighted by molar-refractivity contribution is 6.17. The summed E-state index contributed by atoms with van der Waals surface area (Å²) in [5.41, 5.74) is 5.20. The van der Waals surface area contributed by atoms with Gasteiger partial charge >= 0.3 is 0 Å². The first-order valence-electron chi connectivity index (χ1n) is 9.44. The molecule has 4 aromatic rings. The summed E-state index contributed by atoms with van der Waals surface area (Å²) in [4.78, 5) is 25.4. The van der Waals surface area contributed by atoms with Crippen LogP contribution in [0.2, 0.25) is 0 Å². The van der Waals surface area contributed by atoms with E-state index in [9.17, 15) is 9.59 Å². The molecule has 0 saturated carbocycles. The number of carbonyl (C=O) groups excluding carboxylic acids is 2. The van der Waals surface area contributed by atoms with Crippen LogP contribution in [0.1, 0.15) is 37.6 Å². The largest absolute Gasteiger partial charge is 0.452 e. The van der Waals surface area contributed by atoms with Crippen LogP contribution in [0.4, 0.5) is 0 Å². The molecule has 0 aliphatic carbocycles. The van der Waals surface area contributed by atoms with E-state index < -0.39 is 0 Å². The number of carbonyl (C=O) groups is 2. The van der Waals surface area contributed by atoms with E-state index in [1.54, 1.807) is 12.1 Å². The molecule has 3 nitrogen and oxygen atoms in total. The van der Waals surface area contributed by atoms with E-state index in [4.69, 9.17) is 4.42 Å².